The van der Waals surface area contributed by atoms with Crippen LogP contribution in [-0.2, 0) is 6.42 Å². The minimum atomic E-state index is 1.03. The van der Waals surface area contributed by atoms with Gasteiger partial charge in [0, 0.05) is 16.3 Å². The number of hydrogen-bond donors (Lipinski definition) is 0. The van der Waals surface area contributed by atoms with Crippen molar-refractivity contribution in [3.05, 3.63) is 84.4 Å². The first-order valence-electron chi connectivity index (χ1n) is 8.73. The van der Waals surface area contributed by atoms with Crippen molar-refractivity contribution in [3.63, 3.8) is 0 Å². The smallest absolute Gasteiger partial charge is 0.0934 e. The quantitative estimate of drug-likeness (QED) is 0.397. The monoisotopic (exact) mass is 322 g/mol. The molecule has 0 saturated heterocycles. The van der Waals surface area contributed by atoms with Crippen molar-refractivity contribution in [2.24, 2.45) is 0 Å². The summed E-state index contributed by atoms with van der Waals surface area (Å²) in [6, 6.07) is 27.9. The van der Waals surface area contributed by atoms with Gasteiger partial charge in [0.05, 0.1) is 16.7 Å². The van der Waals surface area contributed by atoms with Crippen molar-refractivity contribution in [3.8, 4) is 11.3 Å². The molecule has 0 aliphatic carbocycles. The fourth-order valence-corrected chi connectivity index (χ4v) is 3.66. The van der Waals surface area contributed by atoms with Crippen LogP contribution in [0.4, 0.5) is 0 Å². The van der Waals surface area contributed by atoms with Gasteiger partial charge in [0.1, 0.15) is 0 Å². The summed E-state index contributed by atoms with van der Waals surface area (Å²) < 4.78 is 2.11. The molecule has 0 spiro atoms. The zero-order chi connectivity index (χ0) is 16.8. The highest BCUT2D eigenvalue weighted by molar-refractivity contribution is 6.10. The number of benzene rings is 3. The topological polar surface area (TPSA) is 17.3 Å². The normalized spacial score (nSPS) is 11.6. The van der Waals surface area contributed by atoms with Gasteiger partial charge in [-0.2, -0.15) is 5.10 Å². The van der Waals surface area contributed by atoms with Gasteiger partial charge < -0.3 is 0 Å². The van der Waals surface area contributed by atoms with Crippen molar-refractivity contribution < 1.29 is 0 Å². The molecule has 0 aliphatic rings. The number of aryl methyl sites for hydroxylation is 1. The maximum absolute atomic E-state index is 4.90. The first kappa shape index (κ1) is 14.2. The van der Waals surface area contributed by atoms with Crippen molar-refractivity contribution in [1.29, 1.82) is 0 Å². The van der Waals surface area contributed by atoms with Gasteiger partial charge in [-0.15, -0.1) is 0 Å². The van der Waals surface area contributed by atoms with E-state index < -0.39 is 0 Å². The Balaban J connectivity index is 2.01. The average molecular weight is 322 g/mol. The first-order chi connectivity index (χ1) is 12.3. The molecule has 0 bridgehead atoms. The van der Waals surface area contributed by atoms with Crippen LogP contribution in [-0.4, -0.2) is 9.61 Å². The van der Waals surface area contributed by atoms with Gasteiger partial charge >= 0.3 is 0 Å². The number of fused-ring (bicyclic) bond motifs is 5. The zero-order valence-electron chi connectivity index (χ0n) is 14.1. The summed E-state index contributed by atoms with van der Waals surface area (Å²) in [5.74, 6) is 0. The fraction of sp³-hybridized carbons (Fsp3) is 0.0870. The molecular weight excluding hydrogens is 304 g/mol. The summed E-state index contributed by atoms with van der Waals surface area (Å²) in [4.78, 5) is 0. The predicted octanol–water partition coefficient (Wildman–Crippen LogP) is 5.87. The van der Waals surface area contributed by atoms with E-state index in [4.69, 9.17) is 5.10 Å². The molecule has 120 valence electrons. The fourth-order valence-electron chi connectivity index (χ4n) is 3.66. The van der Waals surface area contributed by atoms with E-state index in [-0.39, 0.29) is 0 Å². The van der Waals surface area contributed by atoms with Gasteiger partial charge in [-0.3, -0.25) is 0 Å². The summed E-state index contributed by atoms with van der Waals surface area (Å²) in [7, 11) is 0. The third kappa shape index (κ3) is 2.14. The molecule has 0 fully saturated rings. The highest BCUT2D eigenvalue weighted by Gasteiger charge is 2.13. The number of hydrogen-bond acceptors (Lipinski definition) is 1. The summed E-state index contributed by atoms with van der Waals surface area (Å²) in [5.41, 5.74) is 5.90. The van der Waals surface area contributed by atoms with Crippen molar-refractivity contribution in [2.45, 2.75) is 13.3 Å². The van der Waals surface area contributed by atoms with E-state index >= 15 is 0 Å². The van der Waals surface area contributed by atoms with E-state index in [1.54, 1.807) is 0 Å². The molecule has 0 saturated carbocycles. The second kappa shape index (κ2) is 5.45. The van der Waals surface area contributed by atoms with Crippen LogP contribution >= 0.6 is 0 Å². The lowest BCUT2D eigenvalue weighted by Crippen LogP contribution is -1.95. The van der Waals surface area contributed by atoms with Gasteiger partial charge in [0.2, 0.25) is 0 Å². The molecule has 2 heteroatoms. The molecule has 2 nitrogen and oxygen atoms in total. The Kier molecular flexibility index (Phi) is 3.10. The lowest BCUT2D eigenvalue weighted by atomic mass is 10.0. The number of rotatable bonds is 2. The molecule has 0 atom stereocenters. The van der Waals surface area contributed by atoms with Crippen LogP contribution in [0.25, 0.3) is 38.4 Å². The van der Waals surface area contributed by atoms with E-state index in [1.165, 1.54) is 32.8 Å². The molecule has 0 amide bonds. The van der Waals surface area contributed by atoms with Gasteiger partial charge in [-0.1, -0.05) is 73.7 Å². The SMILES string of the molecule is CCc1ccc2c(c1)cc(-c1ccccc1)n1nc3ccccc3c21. The van der Waals surface area contributed by atoms with Crippen LogP contribution in [0.2, 0.25) is 0 Å². The third-order valence-corrected chi connectivity index (χ3v) is 4.95. The van der Waals surface area contributed by atoms with E-state index in [0.717, 1.165) is 17.6 Å². The van der Waals surface area contributed by atoms with Crippen molar-refractivity contribution in [1.82, 2.24) is 9.61 Å². The summed E-state index contributed by atoms with van der Waals surface area (Å²) in [6.45, 7) is 2.20. The summed E-state index contributed by atoms with van der Waals surface area (Å²) >= 11 is 0. The highest BCUT2D eigenvalue weighted by atomic mass is 15.2. The van der Waals surface area contributed by atoms with Crippen LogP contribution in [0.5, 0.6) is 0 Å². The van der Waals surface area contributed by atoms with Crippen molar-refractivity contribution >= 4 is 27.2 Å². The predicted molar refractivity (Wildman–Crippen MR) is 105 cm³/mol. The molecule has 5 rings (SSSR count). The average Bonchev–Trinajstić information content (AvgIpc) is 3.07. The minimum Gasteiger partial charge on any atom is -0.231 e. The van der Waals surface area contributed by atoms with Crippen LogP contribution in [0.3, 0.4) is 0 Å². The third-order valence-electron chi connectivity index (χ3n) is 4.95. The van der Waals surface area contributed by atoms with Gasteiger partial charge in [0.25, 0.3) is 0 Å². The van der Waals surface area contributed by atoms with Crippen LogP contribution in [0, 0.1) is 0 Å². The largest absolute Gasteiger partial charge is 0.231 e. The Morgan fingerprint density at radius 1 is 0.800 bits per heavy atom. The number of pyridine rings is 1. The molecule has 25 heavy (non-hydrogen) atoms. The molecule has 0 unspecified atom stereocenters. The van der Waals surface area contributed by atoms with E-state index in [0.29, 0.717) is 0 Å². The molecule has 5 aromatic rings. The van der Waals surface area contributed by atoms with Gasteiger partial charge in [-0.05, 0) is 29.5 Å². The van der Waals surface area contributed by atoms with E-state index in [9.17, 15) is 0 Å². The standard InChI is InChI=1S/C23H18N2/c1-2-16-12-13-19-18(14-16)15-22(17-8-4-3-5-9-17)25-23(19)20-10-6-7-11-21(20)24-25/h3-15H,2H2,1H3. The Hall–Kier alpha value is -3.13. The Morgan fingerprint density at radius 3 is 2.44 bits per heavy atom. The highest BCUT2D eigenvalue weighted by Crippen LogP contribution is 2.33. The molecule has 0 radical (unpaired) electrons. The number of nitrogens with zero attached hydrogens (tertiary/aromatic N) is 2. The first-order valence-corrected chi connectivity index (χ1v) is 8.73. The van der Waals surface area contributed by atoms with E-state index in [1.807, 2.05) is 6.07 Å². The molecule has 3 aromatic carbocycles. The van der Waals surface area contributed by atoms with Crippen molar-refractivity contribution in [2.75, 3.05) is 0 Å². The lowest BCUT2D eigenvalue weighted by molar-refractivity contribution is 0.996. The van der Waals surface area contributed by atoms with Crippen LogP contribution in [0.15, 0.2) is 78.9 Å². The molecule has 2 heterocycles. The minimum absolute atomic E-state index is 1.03. The van der Waals surface area contributed by atoms with E-state index in [2.05, 4.69) is 84.2 Å². The van der Waals surface area contributed by atoms with Gasteiger partial charge in [0.15, 0.2) is 0 Å². The summed E-state index contributed by atoms with van der Waals surface area (Å²) in [6.07, 6.45) is 1.04. The van der Waals surface area contributed by atoms with Gasteiger partial charge in [-0.25, -0.2) is 4.52 Å². The molecular formula is C23H18N2. The van der Waals surface area contributed by atoms with Crippen LogP contribution in [0.1, 0.15) is 12.5 Å². The zero-order valence-corrected chi connectivity index (χ0v) is 14.1. The Labute approximate surface area is 146 Å². The second-order valence-corrected chi connectivity index (χ2v) is 6.45. The molecule has 0 N–H and O–H groups in total. The number of aromatic nitrogens is 2. The maximum Gasteiger partial charge on any atom is 0.0934 e. The summed E-state index contributed by atoms with van der Waals surface area (Å²) in [5, 5.41) is 8.63. The molecule has 2 aromatic heterocycles. The lowest BCUT2D eigenvalue weighted by Gasteiger charge is -2.10. The second-order valence-electron chi connectivity index (χ2n) is 6.45. The Morgan fingerprint density at radius 2 is 1.60 bits per heavy atom. The molecule has 0 aliphatic heterocycles. The van der Waals surface area contributed by atoms with Crippen LogP contribution < -0.4 is 0 Å². The Bertz CT molecular complexity index is 1220. The maximum atomic E-state index is 4.90.